The van der Waals surface area contributed by atoms with Crippen molar-refractivity contribution in [1.29, 1.82) is 0 Å². The lowest BCUT2D eigenvalue weighted by atomic mass is 9.61. The van der Waals surface area contributed by atoms with E-state index < -0.39 is 0 Å². The Hall–Kier alpha value is -0.0300. The largest absolute Gasteiger partial charge is 0.641 e. The van der Waals surface area contributed by atoms with Gasteiger partial charge in [0.15, 0.2) is 0 Å². The van der Waals surface area contributed by atoms with Crippen molar-refractivity contribution in [2.75, 3.05) is 0 Å². The Balaban J connectivity index is 0.670. The Morgan fingerprint density at radius 1 is 0.450 bits per heavy atom. The van der Waals surface area contributed by atoms with E-state index >= 15 is 0 Å². The van der Waals surface area contributed by atoms with Crippen LogP contribution in [0.15, 0.2) is 11.6 Å². The maximum atomic E-state index is 5.72. The van der Waals surface area contributed by atoms with Gasteiger partial charge in [-0.15, -0.1) is 6.04 Å². The molecule has 4 heteroatoms. The Labute approximate surface area is 373 Å². The van der Waals surface area contributed by atoms with Gasteiger partial charge in [0, 0.05) is 34.7 Å². The Morgan fingerprint density at radius 3 is 1.93 bits per heavy atom. The highest BCUT2D eigenvalue weighted by atomic mass is 32.2. The van der Waals surface area contributed by atoms with Crippen LogP contribution in [0.1, 0.15) is 218 Å². The van der Waals surface area contributed by atoms with Gasteiger partial charge in [0.05, 0.1) is 0 Å². The molecule has 0 radical (unpaired) electrons. The number of allylic oxidation sites excluding steroid dienone is 1. The maximum absolute atomic E-state index is 5.72. The first-order valence-corrected chi connectivity index (χ1v) is 29.2. The van der Waals surface area contributed by atoms with Gasteiger partial charge in [0.2, 0.25) is 0 Å². The second-order valence-corrected chi connectivity index (χ2v) is 26.4. The molecule has 12 rings (SSSR count). The molecule has 3 nitrogen and oxygen atoms in total. The monoisotopic (exact) mass is 837 g/mol. The molecule has 17 unspecified atom stereocenters. The molecule has 60 heavy (non-hydrogen) atoms. The summed E-state index contributed by atoms with van der Waals surface area (Å²) in [6, 6.07) is 4.13. The number of nitrogens with one attached hydrogen (secondary N) is 1. The highest BCUT2D eigenvalue weighted by Gasteiger charge is 2.55. The second kappa shape index (κ2) is 18.3. The van der Waals surface area contributed by atoms with Crippen LogP contribution >= 0.6 is 11.8 Å². The molecular weight excluding hydrogens is 747 g/mol. The lowest BCUT2D eigenvalue weighted by Gasteiger charge is -2.59. The summed E-state index contributed by atoms with van der Waals surface area (Å²) < 4.78 is 0. The van der Waals surface area contributed by atoms with Crippen molar-refractivity contribution < 1.29 is 0 Å². The average Bonchev–Trinajstić information content (AvgIpc) is 3.87. The molecule has 0 amide bonds. The fourth-order valence-corrected chi connectivity index (χ4v) is 21.7. The number of nitrogens with zero attached hydrogens (tertiary/aromatic N) is 2. The summed E-state index contributed by atoms with van der Waals surface area (Å²) in [5, 5.41) is 12.2. The van der Waals surface area contributed by atoms with Gasteiger partial charge in [-0.3, -0.25) is 4.90 Å². The minimum absolute atomic E-state index is 0.335. The number of hydrogen-bond donors (Lipinski definition) is 1. The third-order valence-electron chi connectivity index (χ3n) is 22.3. The minimum Gasteiger partial charge on any atom is -0.641 e. The van der Waals surface area contributed by atoms with E-state index in [1.54, 1.807) is 95.5 Å². The number of rotatable bonds is 6. The number of likely N-dealkylation sites (tertiary alicyclic amines) is 1. The molecule has 3 aliphatic heterocycles. The Bertz CT molecular complexity index is 1460. The van der Waals surface area contributed by atoms with E-state index in [0.29, 0.717) is 12.2 Å². The first kappa shape index (κ1) is 41.4. The number of hydrogen-bond acceptors (Lipinski definition) is 3. The molecule has 3 heterocycles. The molecule has 9 aliphatic carbocycles. The van der Waals surface area contributed by atoms with Gasteiger partial charge in [-0.05, 0) is 206 Å². The van der Waals surface area contributed by atoms with Gasteiger partial charge in [-0.25, -0.2) is 0 Å². The zero-order valence-electron chi connectivity index (χ0n) is 38.5. The van der Waals surface area contributed by atoms with Crippen LogP contribution in [0.4, 0.5) is 0 Å². The van der Waals surface area contributed by atoms with Gasteiger partial charge in [-0.2, -0.15) is 11.8 Å². The Kier molecular flexibility index (Phi) is 12.7. The summed E-state index contributed by atoms with van der Waals surface area (Å²) in [6.45, 7) is 0. The van der Waals surface area contributed by atoms with Crippen molar-refractivity contribution in [2.24, 2.45) is 71.0 Å². The smallest absolute Gasteiger partial charge is 0.0133 e. The van der Waals surface area contributed by atoms with Crippen molar-refractivity contribution in [1.82, 2.24) is 10.2 Å². The molecule has 0 bridgehead atoms. The van der Waals surface area contributed by atoms with E-state index in [1.807, 2.05) is 0 Å². The van der Waals surface area contributed by atoms with E-state index in [4.69, 9.17) is 5.32 Å². The fraction of sp³-hybridized carbons (Fsp3) is 0.964. The number of fused-ring (bicyclic) bond motifs is 7. The van der Waals surface area contributed by atoms with Crippen LogP contribution in [0.5, 0.6) is 0 Å². The van der Waals surface area contributed by atoms with Gasteiger partial charge in [0.1, 0.15) is 0 Å². The summed E-state index contributed by atoms with van der Waals surface area (Å²) in [7, 11) is 0. The van der Waals surface area contributed by atoms with Crippen molar-refractivity contribution in [3.8, 4) is 0 Å². The maximum Gasteiger partial charge on any atom is 0.0133 e. The SMILES string of the molecule is C1=C(C2[N-]C3CCCCC3C(C3CCCCC3)N2)CC(C2CCCC(N3C4CCCCC4C4CC(C5CCC(C6CCC7SC8CCCCC8C7C6)CC5)CCC43)C2)CC1. The first-order chi connectivity index (χ1) is 29.7. The molecule has 8 saturated carbocycles. The molecule has 0 spiro atoms. The van der Waals surface area contributed by atoms with E-state index in [2.05, 4.69) is 28.1 Å². The summed E-state index contributed by atoms with van der Waals surface area (Å²) in [5.74, 6) is 12.2. The fourth-order valence-electron chi connectivity index (χ4n) is 19.6. The number of thioether (sulfide) groups is 1. The molecule has 336 valence electrons. The van der Waals surface area contributed by atoms with Gasteiger partial charge >= 0.3 is 0 Å². The van der Waals surface area contributed by atoms with Crippen LogP contribution in [-0.4, -0.2) is 51.8 Å². The van der Waals surface area contributed by atoms with Gasteiger partial charge in [0.25, 0.3) is 0 Å². The van der Waals surface area contributed by atoms with Crippen LogP contribution in [0, 0.1) is 71.0 Å². The standard InChI is InChI=1S/C56H90N3S/c1-2-12-38(13-3-1)55-47-20-4-7-21-50(47)57-56(58-55)43-16-10-14-39(32-43)40-15-11-17-44(33-40)59-51-22-8-5-18-45(51)48-34-41(28-30-52(48)59)36-24-26-37(27-25-36)42-29-31-54-49(35-42)46-19-6-9-23-53(46)60-54/h16,36-42,44-56,58H,1-15,17-35H2/q-1. The quantitative estimate of drug-likeness (QED) is 0.270. The predicted molar refractivity (Wildman–Crippen MR) is 253 cm³/mol. The zero-order valence-corrected chi connectivity index (χ0v) is 39.3. The molecular formula is C56H90N3S-. The first-order valence-electron chi connectivity index (χ1n) is 28.3. The zero-order chi connectivity index (χ0) is 39.6. The van der Waals surface area contributed by atoms with Crippen molar-refractivity contribution in [3.63, 3.8) is 0 Å². The molecule has 3 saturated heterocycles. The predicted octanol–water partition coefficient (Wildman–Crippen LogP) is 14.6. The van der Waals surface area contributed by atoms with Crippen LogP contribution in [0.25, 0.3) is 5.32 Å². The van der Waals surface area contributed by atoms with Crippen LogP contribution in [0.2, 0.25) is 0 Å². The lowest BCUT2D eigenvalue weighted by Crippen LogP contribution is -2.57. The summed E-state index contributed by atoms with van der Waals surface area (Å²) in [6.07, 6.45) is 54.6. The molecule has 12 aliphatic rings. The van der Waals surface area contributed by atoms with Gasteiger partial charge < -0.3 is 10.6 Å². The lowest BCUT2D eigenvalue weighted by molar-refractivity contribution is 0.0268. The summed E-state index contributed by atoms with van der Waals surface area (Å²) in [4.78, 5) is 3.36. The van der Waals surface area contributed by atoms with Crippen LogP contribution in [-0.2, 0) is 0 Å². The van der Waals surface area contributed by atoms with E-state index in [9.17, 15) is 0 Å². The highest BCUT2D eigenvalue weighted by molar-refractivity contribution is 8.00. The van der Waals surface area contributed by atoms with E-state index in [-0.39, 0.29) is 0 Å². The second-order valence-electron chi connectivity index (χ2n) is 24.9. The molecule has 11 fully saturated rings. The van der Waals surface area contributed by atoms with Crippen molar-refractivity contribution in [2.45, 2.75) is 265 Å². The highest BCUT2D eigenvalue weighted by Crippen LogP contribution is 2.59. The van der Waals surface area contributed by atoms with Crippen molar-refractivity contribution >= 4 is 11.8 Å². The summed E-state index contributed by atoms with van der Waals surface area (Å²) in [5.41, 5.74) is 1.73. The van der Waals surface area contributed by atoms with E-state index in [0.717, 1.165) is 106 Å². The molecule has 1 N–H and O–H groups in total. The third kappa shape index (κ3) is 8.04. The molecule has 0 aromatic rings. The summed E-state index contributed by atoms with van der Waals surface area (Å²) >= 11 is 2.48. The van der Waals surface area contributed by atoms with Crippen molar-refractivity contribution in [3.05, 3.63) is 17.0 Å². The van der Waals surface area contributed by atoms with Gasteiger partial charge in [-0.1, -0.05) is 101 Å². The average molecular weight is 837 g/mol. The molecule has 0 aromatic carbocycles. The Morgan fingerprint density at radius 2 is 1.08 bits per heavy atom. The third-order valence-corrected chi connectivity index (χ3v) is 24.2. The van der Waals surface area contributed by atoms with Crippen LogP contribution < -0.4 is 5.32 Å². The minimum atomic E-state index is 0.335. The topological polar surface area (TPSA) is 29.4 Å². The van der Waals surface area contributed by atoms with Crippen LogP contribution in [0.3, 0.4) is 0 Å². The molecule has 0 aromatic heterocycles. The normalized spacial score (nSPS) is 51.7. The molecule has 17 atom stereocenters. The van der Waals surface area contributed by atoms with E-state index in [1.165, 1.54) is 128 Å².